The first-order valence-electron chi connectivity index (χ1n) is 10.6. The first-order valence-corrected chi connectivity index (χ1v) is 11.9. The van der Waals surface area contributed by atoms with Crippen molar-refractivity contribution in [2.75, 3.05) is 26.2 Å². The molecule has 1 aromatic carbocycles. The zero-order chi connectivity index (χ0) is 22.5. The Kier molecular flexibility index (Phi) is 7.17. The fourth-order valence-electron chi connectivity index (χ4n) is 3.91. The molecule has 4 rings (SSSR count). The minimum absolute atomic E-state index is 0.00425. The molecular formula is C24H25ClN2O4S. The molecule has 1 aliphatic rings. The smallest absolute Gasteiger partial charge is 0.290 e. The fourth-order valence-corrected chi connectivity index (χ4v) is 4.97. The normalized spacial score (nSPS) is 15.3. The molecule has 1 aliphatic heterocycles. The first kappa shape index (κ1) is 22.4. The highest BCUT2D eigenvalue weighted by Crippen LogP contribution is 2.34. The number of ether oxygens (including phenoxy) is 1. The summed E-state index contributed by atoms with van der Waals surface area (Å²) in [7, 11) is 0. The average molecular weight is 473 g/mol. The Morgan fingerprint density at radius 1 is 1.25 bits per heavy atom. The lowest BCUT2D eigenvalue weighted by Crippen LogP contribution is -2.48. The molecule has 0 fully saturated rings. The van der Waals surface area contributed by atoms with E-state index in [2.05, 4.69) is 11.4 Å². The van der Waals surface area contributed by atoms with Gasteiger partial charge in [-0.3, -0.25) is 9.59 Å². The van der Waals surface area contributed by atoms with E-state index in [-0.39, 0.29) is 30.2 Å². The van der Waals surface area contributed by atoms with Crippen molar-refractivity contribution in [3.05, 3.63) is 75.3 Å². The van der Waals surface area contributed by atoms with Crippen LogP contribution in [0, 0.1) is 0 Å². The summed E-state index contributed by atoms with van der Waals surface area (Å²) in [5.41, 5.74) is 1.11. The summed E-state index contributed by atoms with van der Waals surface area (Å²) in [6.07, 6.45) is 3.01. The number of thiophene rings is 1. The molecule has 0 unspecified atom stereocenters. The predicted molar refractivity (Wildman–Crippen MR) is 124 cm³/mol. The van der Waals surface area contributed by atoms with Crippen molar-refractivity contribution in [1.82, 2.24) is 9.80 Å². The van der Waals surface area contributed by atoms with E-state index < -0.39 is 0 Å². The Bertz CT molecular complexity index is 1050. The van der Waals surface area contributed by atoms with Gasteiger partial charge >= 0.3 is 0 Å². The number of hydrogen-bond donors (Lipinski definition) is 0. The maximum Gasteiger partial charge on any atom is 0.290 e. The number of nitrogens with zero attached hydrogens (tertiary/aromatic N) is 2. The lowest BCUT2D eigenvalue weighted by atomic mass is 10.0. The number of carbonyl (C=O) groups is 2. The van der Waals surface area contributed by atoms with Gasteiger partial charge in [0.2, 0.25) is 5.91 Å². The van der Waals surface area contributed by atoms with Crippen LogP contribution in [0.4, 0.5) is 0 Å². The van der Waals surface area contributed by atoms with Gasteiger partial charge in [0.05, 0.1) is 12.3 Å². The van der Waals surface area contributed by atoms with Crippen LogP contribution in [0.3, 0.4) is 0 Å². The number of amides is 2. The molecule has 32 heavy (non-hydrogen) atoms. The Morgan fingerprint density at radius 2 is 2.06 bits per heavy atom. The standard InChI is InChI=1S/C24H25ClN2O4S/c1-2-11-26(24(29)21-4-3-13-30-21)15-23(28)27-12-9-22-19(10-14-32-22)20(27)16-31-18-7-5-17(25)6-8-18/h3-8,10,13-14,20H,2,9,11-12,15-16H2,1H3/t20-/m0/s1. The van der Waals surface area contributed by atoms with E-state index >= 15 is 0 Å². The van der Waals surface area contributed by atoms with E-state index in [0.717, 1.165) is 18.4 Å². The number of carbonyl (C=O) groups excluding carboxylic acids is 2. The van der Waals surface area contributed by atoms with Crippen LogP contribution in [0.5, 0.6) is 5.75 Å². The average Bonchev–Trinajstić information content (AvgIpc) is 3.50. The molecule has 2 aromatic heterocycles. The maximum atomic E-state index is 13.4. The van der Waals surface area contributed by atoms with Gasteiger partial charge in [-0.05, 0) is 66.2 Å². The van der Waals surface area contributed by atoms with Crippen molar-refractivity contribution >= 4 is 34.8 Å². The topological polar surface area (TPSA) is 63.0 Å². The van der Waals surface area contributed by atoms with Crippen molar-refractivity contribution in [3.63, 3.8) is 0 Å². The number of rotatable bonds is 8. The third-order valence-electron chi connectivity index (χ3n) is 5.48. The van der Waals surface area contributed by atoms with E-state index in [1.807, 2.05) is 24.0 Å². The molecule has 0 bridgehead atoms. The summed E-state index contributed by atoms with van der Waals surface area (Å²) in [5, 5.41) is 2.70. The largest absolute Gasteiger partial charge is 0.491 e. The van der Waals surface area contributed by atoms with E-state index in [1.165, 1.54) is 11.1 Å². The van der Waals surface area contributed by atoms with Gasteiger partial charge in [0.1, 0.15) is 18.9 Å². The second-order valence-corrected chi connectivity index (χ2v) is 9.06. The minimum Gasteiger partial charge on any atom is -0.491 e. The molecule has 168 valence electrons. The molecule has 0 aliphatic carbocycles. The Balaban J connectivity index is 1.50. The van der Waals surface area contributed by atoms with Crippen molar-refractivity contribution in [2.45, 2.75) is 25.8 Å². The monoisotopic (exact) mass is 472 g/mol. The minimum atomic E-state index is -0.271. The van der Waals surface area contributed by atoms with Gasteiger partial charge < -0.3 is 19.0 Å². The van der Waals surface area contributed by atoms with Crippen LogP contribution in [-0.2, 0) is 11.2 Å². The van der Waals surface area contributed by atoms with Gasteiger partial charge in [0, 0.05) is 23.0 Å². The third kappa shape index (κ3) is 5.00. The Labute approximate surface area is 196 Å². The van der Waals surface area contributed by atoms with Crippen LogP contribution >= 0.6 is 22.9 Å². The molecule has 3 heterocycles. The van der Waals surface area contributed by atoms with Crippen LogP contribution in [0.2, 0.25) is 5.02 Å². The maximum absolute atomic E-state index is 13.4. The molecule has 6 nitrogen and oxygen atoms in total. The van der Waals surface area contributed by atoms with Gasteiger partial charge in [-0.2, -0.15) is 0 Å². The highest BCUT2D eigenvalue weighted by atomic mass is 35.5. The summed E-state index contributed by atoms with van der Waals surface area (Å²) in [6.45, 7) is 3.39. The fraction of sp³-hybridized carbons (Fsp3) is 0.333. The van der Waals surface area contributed by atoms with Crippen LogP contribution in [0.1, 0.15) is 40.4 Å². The van der Waals surface area contributed by atoms with Gasteiger partial charge in [-0.15, -0.1) is 11.3 Å². The van der Waals surface area contributed by atoms with Crippen molar-refractivity contribution < 1.29 is 18.7 Å². The Hall–Kier alpha value is -2.77. The lowest BCUT2D eigenvalue weighted by molar-refractivity contribution is -0.135. The summed E-state index contributed by atoms with van der Waals surface area (Å²) in [4.78, 5) is 30.9. The zero-order valence-corrected chi connectivity index (χ0v) is 19.4. The molecule has 0 saturated carbocycles. The van der Waals surface area contributed by atoms with Gasteiger partial charge in [-0.25, -0.2) is 0 Å². The molecule has 1 atom stereocenters. The molecule has 0 radical (unpaired) electrons. The predicted octanol–water partition coefficient (Wildman–Crippen LogP) is 5.05. The number of hydrogen-bond acceptors (Lipinski definition) is 5. The van der Waals surface area contributed by atoms with E-state index in [1.54, 1.807) is 40.5 Å². The first-order chi connectivity index (χ1) is 15.6. The number of benzene rings is 1. The highest BCUT2D eigenvalue weighted by Gasteiger charge is 2.33. The van der Waals surface area contributed by atoms with Gasteiger partial charge in [0.15, 0.2) is 5.76 Å². The van der Waals surface area contributed by atoms with Crippen molar-refractivity contribution in [1.29, 1.82) is 0 Å². The van der Waals surface area contributed by atoms with Crippen LogP contribution in [0.25, 0.3) is 0 Å². The lowest BCUT2D eigenvalue weighted by Gasteiger charge is -2.37. The second-order valence-electron chi connectivity index (χ2n) is 7.62. The second kappa shape index (κ2) is 10.2. The Morgan fingerprint density at radius 3 is 2.78 bits per heavy atom. The quantitative estimate of drug-likeness (QED) is 0.460. The molecular weight excluding hydrogens is 448 g/mol. The summed E-state index contributed by atoms with van der Waals surface area (Å²) in [6, 6.07) is 12.3. The SMILES string of the molecule is CCCN(CC(=O)N1CCc2sccc2[C@@H]1COc1ccc(Cl)cc1)C(=O)c1ccco1. The van der Waals surface area contributed by atoms with Gasteiger partial charge in [0.25, 0.3) is 5.91 Å². The van der Waals surface area contributed by atoms with E-state index in [4.69, 9.17) is 20.8 Å². The van der Waals surface area contributed by atoms with Crippen LogP contribution in [0.15, 0.2) is 58.5 Å². The molecule has 3 aromatic rings. The number of fused-ring (bicyclic) bond motifs is 1. The number of furan rings is 1. The van der Waals surface area contributed by atoms with Crippen molar-refractivity contribution in [3.8, 4) is 5.75 Å². The van der Waals surface area contributed by atoms with Gasteiger partial charge in [-0.1, -0.05) is 18.5 Å². The summed E-state index contributed by atoms with van der Waals surface area (Å²) in [5.74, 6) is 0.574. The van der Waals surface area contributed by atoms with Crippen LogP contribution < -0.4 is 4.74 Å². The van der Waals surface area contributed by atoms with E-state index in [9.17, 15) is 9.59 Å². The number of halogens is 1. The molecule has 8 heteroatoms. The van der Waals surface area contributed by atoms with E-state index in [0.29, 0.717) is 30.5 Å². The molecule has 0 spiro atoms. The highest BCUT2D eigenvalue weighted by molar-refractivity contribution is 7.10. The van der Waals surface area contributed by atoms with Crippen LogP contribution in [-0.4, -0.2) is 47.9 Å². The molecule has 0 N–H and O–H groups in total. The third-order valence-corrected chi connectivity index (χ3v) is 6.72. The molecule has 2 amide bonds. The summed E-state index contributed by atoms with van der Waals surface area (Å²) >= 11 is 7.67. The molecule has 0 saturated heterocycles. The summed E-state index contributed by atoms with van der Waals surface area (Å²) < 4.78 is 11.3. The van der Waals surface area contributed by atoms with Crippen molar-refractivity contribution in [2.24, 2.45) is 0 Å². The zero-order valence-electron chi connectivity index (χ0n) is 17.8.